The topological polar surface area (TPSA) is 134 Å². The van der Waals surface area contributed by atoms with Crippen LogP contribution in [0.15, 0.2) is 82.0 Å². The van der Waals surface area contributed by atoms with E-state index in [1.807, 2.05) is 49.4 Å². The Morgan fingerprint density at radius 2 is 1.65 bits per heavy atom. The van der Waals surface area contributed by atoms with E-state index in [0.717, 1.165) is 33.5 Å². The van der Waals surface area contributed by atoms with Crippen LogP contribution >= 0.6 is 0 Å². The van der Waals surface area contributed by atoms with Crippen LogP contribution in [0.4, 0.5) is 0 Å². The van der Waals surface area contributed by atoms with Crippen LogP contribution in [-0.2, 0) is 4.79 Å². The summed E-state index contributed by atoms with van der Waals surface area (Å²) in [4.78, 5) is 29.6. The Balaban J connectivity index is 1.49. The number of benzene rings is 3. The summed E-state index contributed by atoms with van der Waals surface area (Å²) >= 11 is 0. The SMILES string of the molecule is COc1ccc(C(CNC(=O)CC(c2ccc(O)c(OC)c2)c2oc(C)cc(=O)c2O)c2c(C)[nH]c3ccccc23)cc1. The molecule has 0 saturated heterocycles. The van der Waals surface area contributed by atoms with Crippen molar-refractivity contribution in [2.45, 2.75) is 32.1 Å². The predicted octanol–water partition coefficient (Wildman–Crippen LogP) is 5.64. The molecule has 2 unspecified atom stereocenters. The van der Waals surface area contributed by atoms with Crippen LogP contribution in [0.5, 0.6) is 23.0 Å². The molecule has 5 rings (SSSR count). The van der Waals surface area contributed by atoms with E-state index in [4.69, 9.17) is 13.9 Å². The smallest absolute Gasteiger partial charge is 0.227 e. The highest BCUT2D eigenvalue weighted by molar-refractivity contribution is 5.86. The molecular formula is C34H34N2O7. The number of carbonyl (C=O) groups excluding carboxylic acids is 1. The maximum Gasteiger partial charge on any atom is 0.227 e. The predicted molar refractivity (Wildman–Crippen MR) is 163 cm³/mol. The molecule has 3 aromatic carbocycles. The van der Waals surface area contributed by atoms with E-state index in [2.05, 4.69) is 16.4 Å². The van der Waals surface area contributed by atoms with E-state index < -0.39 is 17.1 Å². The van der Waals surface area contributed by atoms with Crippen LogP contribution < -0.4 is 20.2 Å². The molecule has 0 fully saturated rings. The molecule has 0 aliphatic rings. The van der Waals surface area contributed by atoms with Crippen molar-refractivity contribution in [3.05, 3.63) is 117 Å². The number of carbonyl (C=O) groups is 1. The van der Waals surface area contributed by atoms with E-state index in [0.29, 0.717) is 11.3 Å². The molecule has 2 atom stereocenters. The number of hydrogen-bond donors (Lipinski definition) is 4. The minimum atomic E-state index is -0.837. The molecule has 2 aromatic heterocycles. The number of phenolic OH excluding ortho intramolecular Hbond substituents is 1. The van der Waals surface area contributed by atoms with Gasteiger partial charge in [-0.1, -0.05) is 36.4 Å². The van der Waals surface area contributed by atoms with Gasteiger partial charge in [0.25, 0.3) is 0 Å². The zero-order chi connectivity index (χ0) is 30.7. The minimum Gasteiger partial charge on any atom is -0.504 e. The lowest BCUT2D eigenvalue weighted by Crippen LogP contribution is -2.30. The normalized spacial score (nSPS) is 12.6. The number of phenols is 1. The molecule has 0 spiro atoms. The van der Waals surface area contributed by atoms with Crippen LogP contribution in [0.3, 0.4) is 0 Å². The van der Waals surface area contributed by atoms with Gasteiger partial charge >= 0.3 is 0 Å². The Kier molecular flexibility index (Phi) is 8.43. The number of para-hydroxylation sites is 1. The third-order valence-corrected chi connectivity index (χ3v) is 7.70. The van der Waals surface area contributed by atoms with Gasteiger partial charge in [-0.3, -0.25) is 9.59 Å². The molecule has 9 heteroatoms. The lowest BCUT2D eigenvalue weighted by atomic mass is 9.88. The molecule has 2 heterocycles. The molecule has 0 bridgehead atoms. The van der Waals surface area contributed by atoms with E-state index in [1.165, 1.54) is 19.2 Å². The van der Waals surface area contributed by atoms with Gasteiger partial charge in [-0.25, -0.2) is 0 Å². The largest absolute Gasteiger partial charge is 0.504 e. The number of fused-ring (bicyclic) bond motifs is 1. The first-order valence-electron chi connectivity index (χ1n) is 13.9. The van der Waals surface area contributed by atoms with Gasteiger partial charge in [0.05, 0.1) is 20.1 Å². The van der Waals surface area contributed by atoms with E-state index in [9.17, 15) is 19.8 Å². The number of nitrogens with one attached hydrogen (secondary N) is 2. The number of aromatic amines is 1. The lowest BCUT2D eigenvalue weighted by molar-refractivity contribution is -0.121. The average Bonchev–Trinajstić information content (AvgIpc) is 3.34. The van der Waals surface area contributed by atoms with Crippen molar-refractivity contribution in [3.8, 4) is 23.0 Å². The van der Waals surface area contributed by atoms with Crippen molar-refractivity contribution < 1.29 is 28.9 Å². The van der Waals surface area contributed by atoms with Crippen molar-refractivity contribution in [2.75, 3.05) is 20.8 Å². The molecule has 222 valence electrons. The maximum atomic E-state index is 13.6. The number of methoxy groups -OCH3 is 2. The van der Waals surface area contributed by atoms with Crippen LogP contribution in [0.2, 0.25) is 0 Å². The first-order valence-corrected chi connectivity index (χ1v) is 13.9. The quantitative estimate of drug-likeness (QED) is 0.168. The van der Waals surface area contributed by atoms with Gasteiger partial charge in [-0.2, -0.15) is 0 Å². The van der Waals surface area contributed by atoms with Gasteiger partial charge in [-0.15, -0.1) is 0 Å². The van der Waals surface area contributed by atoms with Gasteiger partial charge in [0.15, 0.2) is 17.3 Å². The number of rotatable bonds is 10. The molecule has 43 heavy (non-hydrogen) atoms. The third kappa shape index (κ3) is 6.06. The lowest BCUT2D eigenvalue weighted by Gasteiger charge is -2.22. The number of H-pyrrole nitrogens is 1. The van der Waals surface area contributed by atoms with Crippen molar-refractivity contribution >= 4 is 16.8 Å². The standard InChI is InChI=1S/C34H34N2O7/c1-19-15-29(38)33(40)34(43-19)25(22-11-14-28(37)30(16-22)42-4)17-31(39)35-18-26(21-9-12-23(41-3)13-10-21)32-20(2)36-27-8-6-5-7-24(27)32/h5-16,25-26,36-37,40H,17-18H2,1-4H3,(H,35,39). The van der Waals surface area contributed by atoms with E-state index >= 15 is 0 Å². The first kappa shape index (κ1) is 29.3. The summed E-state index contributed by atoms with van der Waals surface area (Å²) in [5.74, 6) is -0.825. The fourth-order valence-electron chi connectivity index (χ4n) is 5.58. The third-order valence-electron chi connectivity index (χ3n) is 7.70. The average molecular weight is 583 g/mol. The molecule has 0 aliphatic heterocycles. The summed E-state index contributed by atoms with van der Waals surface area (Å²) in [6, 6.07) is 21.6. The minimum absolute atomic E-state index is 0.0351. The summed E-state index contributed by atoms with van der Waals surface area (Å²) in [5.41, 5.74) is 3.99. The monoisotopic (exact) mass is 582 g/mol. The van der Waals surface area contributed by atoms with Crippen molar-refractivity contribution in [2.24, 2.45) is 0 Å². The molecule has 4 N–H and O–H groups in total. The van der Waals surface area contributed by atoms with Crippen LogP contribution in [0.1, 0.15) is 52.2 Å². The Labute approximate surface area is 248 Å². The van der Waals surface area contributed by atoms with E-state index in [1.54, 1.807) is 26.2 Å². The van der Waals surface area contributed by atoms with Crippen LogP contribution in [0.25, 0.3) is 10.9 Å². The van der Waals surface area contributed by atoms with Gasteiger partial charge in [0, 0.05) is 41.5 Å². The maximum absolute atomic E-state index is 13.6. The van der Waals surface area contributed by atoms with Crippen molar-refractivity contribution in [3.63, 3.8) is 0 Å². The number of amides is 1. The van der Waals surface area contributed by atoms with Crippen molar-refractivity contribution in [1.29, 1.82) is 0 Å². The number of ether oxygens (including phenoxy) is 2. The molecular weight excluding hydrogens is 548 g/mol. The fraction of sp³-hybridized carbons (Fsp3) is 0.235. The second kappa shape index (κ2) is 12.4. The second-order valence-electron chi connectivity index (χ2n) is 10.5. The Morgan fingerprint density at radius 1 is 0.930 bits per heavy atom. The highest BCUT2D eigenvalue weighted by Gasteiger charge is 2.28. The number of aromatic hydroxyl groups is 2. The Morgan fingerprint density at radius 3 is 2.37 bits per heavy atom. The van der Waals surface area contributed by atoms with Gasteiger partial charge in [-0.05, 0) is 60.9 Å². The number of aromatic nitrogens is 1. The van der Waals surface area contributed by atoms with Crippen molar-refractivity contribution in [1.82, 2.24) is 10.3 Å². The summed E-state index contributed by atoms with van der Waals surface area (Å²) < 4.78 is 16.4. The number of aryl methyl sites for hydroxylation is 2. The Hall–Kier alpha value is -5.18. The second-order valence-corrected chi connectivity index (χ2v) is 10.5. The number of hydrogen-bond acceptors (Lipinski definition) is 7. The summed E-state index contributed by atoms with van der Waals surface area (Å²) in [7, 11) is 3.03. The fourth-order valence-corrected chi connectivity index (χ4v) is 5.58. The van der Waals surface area contributed by atoms with E-state index in [-0.39, 0.29) is 42.0 Å². The molecule has 0 aliphatic carbocycles. The van der Waals surface area contributed by atoms with Gasteiger partial charge in [0.2, 0.25) is 17.1 Å². The summed E-state index contributed by atoms with van der Waals surface area (Å²) in [6.07, 6.45) is -0.143. The van der Waals surface area contributed by atoms with Gasteiger partial charge < -0.3 is 34.4 Å². The van der Waals surface area contributed by atoms with Gasteiger partial charge in [0.1, 0.15) is 11.5 Å². The highest BCUT2D eigenvalue weighted by Crippen LogP contribution is 2.38. The zero-order valence-corrected chi connectivity index (χ0v) is 24.4. The summed E-state index contributed by atoms with van der Waals surface area (Å²) in [5, 5.41) is 25.0. The Bertz CT molecular complexity index is 1820. The highest BCUT2D eigenvalue weighted by atomic mass is 16.5. The molecule has 0 radical (unpaired) electrons. The molecule has 5 aromatic rings. The molecule has 0 saturated carbocycles. The molecule has 9 nitrogen and oxygen atoms in total. The van der Waals surface area contributed by atoms with Crippen LogP contribution in [0, 0.1) is 13.8 Å². The first-order chi connectivity index (χ1) is 20.7. The molecule has 1 amide bonds. The van der Waals surface area contributed by atoms with Crippen LogP contribution in [-0.4, -0.2) is 41.9 Å². The zero-order valence-electron chi connectivity index (χ0n) is 24.4. The summed E-state index contributed by atoms with van der Waals surface area (Å²) in [6.45, 7) is 3.90.